The molecule has 3 nitrogen and oxygen atoms in total. The van der Waals surface area contributed by atoms with Gasteiger partial charge in [-0.25, -0.2) is 0 Å². The van der Waals surface area contributed by atoms with Gasteiger partial charge in [0.1, 0.15) is 0 Å². The maximum absolute atomic E-state index is 8.89. The lowest BCUT2D eigenvalue weighted by atomic mass is 10.1. The molecule has 2 aromatic rings. The molecule has 1 atom stereocenters. The molecule has 1 aromatic heterocycles. The van der Waals surface area contributed by atoms with Crippen LogP contribution in [0, 0.1) is 11.3 Å². The first-order valence-corrected chi connectivity index (χ1v) is 6.07. The summed E-state index contributed by atoms with van der Waals surface area (Å²) in [7, 11) is 0. The Morgan fingerprint density at radius 3 is 3.11 bits per heavy atom. The largest absolute Gasteiger partial charge is 0.377 e. The molecule has 0 fully saturated rings. The SMILES string of the molecule is N#Cc1cccc(NC2CCc3cccnc32)c1. The van der Waals surface area contributed by atoms with Crippen molar-refractivity contribution in [3.8, 4) is 6.07 Å². The van der Waals surface area contributed by atoms with E-state index in [-0.39, 0.29) is 6.04 Å². The third-order valence-electron chi connectivity index (χ3n) is 3.29. The molecule has 1 aliphatic rings. The fourth-order valence-corrected chi connectivity index (χ4v) is 2.43. The maximum Gasteiger partial charge on any atom is 0.0992 e. The molecule has 3 rings (SSSR count). The van der Waals surface area contributed by atoms with E-state index in [1.165, 1.54) is 5.56 Å². The minimum absolute atomic E-state index is 0.259. The maximum atomic E-state index is 8.89. The quantitative estimate of drug-likeness (QED) is 0.870. The minimum Gasteiger partial charge on any atom is -0.377 e. The first kappa shape index (κ1) is 10.8. The van der Waals surface area contributed by atoms with Gasteiger partial charge in [0.05, 0.1) is 23.4 Å². The van der Waals surface area contributed by atoms with Crippen molar-refractivity contribution in [1.29, 1.82) is 5.26 Å². The molecule has 88 valence electrons. The van der Waals surface area contributed by atoms with Gasteiger partial charge in [0.2, 0.25) is 0 Å². The predicted molar refractivity (Wildman–Crippen MR) is 70.1 cm³/mol. The summed E-state index contributed by atoms with van der Waals surface area (Å²) in [6, 6.07) is 14.1. The summed E-state index contributed by atoms with van der Waals surface area (Å²) >= 11 is 0. The van der Waals surface area contributed by atoms with Gasteiger partial charge in [0.25, 0.3) is 0 Å². The van der Waals surface area contributed by atoms with Crippen molar-refractivity contribution in [3.63, 3.8) is 0 Å². The number of hydrogen-bond acceptors (Lipinski definition) is 3. The Morgan fingerprint density at radius 2 is 2.22 bits per heavy atom. The molecule has 0 bridgehead atoms. The van der Waals surface area contributed by atoms with Crippen LogP contribution in [0.15, 0.2) is 42.6 Å². The van der Waals surface area contributed by atoms with Gasteiger partial charge in [-0.3, -0.25) is 4.98 Å². The molecule has 1 N–H and O–H groups in total. The lowest BCUT2D eigenvalue weighted by Gasteiger charge is -2.14. The molecule has 0 aliphatic heterocycles. The average Bonchev–Trinajstić information content (AvgIpc) is 2.83. The van der Waals surface area contributed by atoms with Crippen molar-refractivity contribution in [1.82, 2.24) is 4.98 Å². The van der Waals surface area contributed by atoms with Crippen molar-refractivity contribution in [2.45, 2.75) is 18.9 Å². The van der Waals surface area contributed by atoms with Gasteiger partial charge in [-0.2, -0.15) is 5.26 Å². The van der Waals surface area contributed by atoms with Gasteiger partial charge in [-0.05, 0) is 42.7 Å². The predicted octanol–water partition coefficient (Wildman–Crippen LogP) is 3.05. The van der Waals surface area contributed by atoms with Crippen molar-refractivity contribution in [2.75, 3.05) is 5.32 Å². The molecule has 0 radical (unpaired) electrons. The molecule has 1 aliphatic carbocycles. The Bertz CT molecular complexity index is 613. The van der Waals surface area contributed by atoms with Crippen LogP contribution in [-0.4, -0.2) is 4.98 Å². The lowest BCUT2D eigenvalue weighted by molar-refractivity contribution is 0.746. The van der Waals surface area contributed by atoms with Gasteiger partial charge < -0.3 is 5.32 Å². The van der Waals surface area contributed by atoms with Gasteiger partial charge in [-0.15, -0.1) is 0 Å². The van der Waals surface area contributed by atoms with Gasteiger partial charge >= 0.3 is 0 Å². The van der Waals surface area contributed by atoms with Crippen LogP contribution in [0.1, 0.15) is 29.3 Å². The zero-order valence-corrected chi connectivity index (χ0v) is 9.93. The van der Waals surface area contributed by atoms with Crippen LogP contribution < -0.4 is 5.32 Å². The summed E-state index contributed by atoms with van der Waals surface area (Å²) in [5.74, 6) is 0. The van der Waals surface area contributed by atoms with E-state index in [0.717, 1.165) is 24.2 Å². The highest BCUT2D eigenvalue weighted by Gasteiger charge is 2.23. The molecule has 1 unspecified atom stereocenters. The second-order valence-corrected chi connectivity index (χ2v) is 4.48. The van der Waals surface area contributed by atoms with Gasteiger partial charge in [0, 0.05) is 11.9 Å². The lowest BCUT2D eigenvalue weighted by Crippen LogP contribution is -2.08. The number of anilines is 1. The topological polar surface area (TPSA) is 48.7 Å². The highest BCUT2D eigenvalue weighted by molar-refractivity contribution is 5.51. The minimum atomic E-state index is 0.259. The van der Waals surface area contributed by atoms with Crippen LogP contribution in [0.3, 0.4) is 0 Å². The summed E-state index contributed by atoms with van der Waals surface area (Å²) in [5.41, 5.74) is 4.13. The summed E-state index contributed by atoms with van der Waals surface area (Å²) in [6.45, 7) is 0. The van der Waals surface area contributed by atoms with E-state index in [1.54, 1.807) is 0 Å². The van der Waals surface area contributed by atoms with Crippen LogP contribution in [0.2, 0.25) is 0 Å². The first-order valence-electron chi connectivity index (χ1n) is 6.07. The summed E-state index contributed by atoms with van der Waals surface area (Å²) in [5, 5.41) is 12.3. The van der Waals surface area contributed by atoms with Crippen molar-refractivity contribution in [2.24, 2.45) is 0 Å². The molecular weight excluding hydrogens is 222 g/mol. The zero-order chi connectivity index (χ0) is 12.4. The number of pyridine rings is 1. The van der Waals surface area contributed by atoms with E-state index in [2.05, 4.69) is 22.4 Å². The molecule has 0 spiro atoms. The standard InChI is InChI=1S/C15H13N3/c16-10-11-3-1-5-13(9-11)18-14-7-6-12-4-2-8-17-15(12)14/h1-5,8-9,14,18H,6-7H2. The van der Waals surface area contributed by atoms with E-state index in [1.807, 2.05) is 36.5 Å². The number of benzene rings is 1. The number of aromatic nitrogens is 1. The zero-order valence-electron chi connectivity index (χ0n) is 9.93. The molecule has 0 amide bonds. The summed E-state index contributed by atoms with van der Waals surface area (Å²) < 4.78 is 0. The monoisotopic (exact) mass is 235 g/mol. The summed E-state index contributed by atoms with van der Waals surface area (Å²) in [6.07, 6.45) is 3.96. The van der Waals surface area contributed by atoms with E-state index >= 15 is 0 Å². The molecule has 3 heteroatoms. The number of aryl methyl sites for hydroxylation is 1. The molecule has 1 heterocycles. The number of rotatable bonds is 2. The molecular formula is C15H13N3. The Morgan fingerprint density at radius 1 is 1.28 bits per heavy atom. The average molecular weight is 235 g/mol. The number of nitrogens with one attached hydrogen (secondary N) is 1. The fourth-order valence-electron chi connectivity index (χ4n) is 2.43. The van der Waals surface area contributed by atoms with Crippen molar-refractivity contribution < 1.29 is 0 Å². The molecule has 0 saturated heterocycles. The first-order chi connectivity index (χ1) is 8.86. The molecule has 1 aromatic carbocycles. The van der Waals surface area contributed by atoms with Crippen molar-refractivity contribution >= 4 is 5.69 Å². The second kappa shape index (κ2) is 4.50. The number of nitriles is 1. The summed E-state index contributed by atoms with van der Waals surface area (Å²) in [4.78, 5) is 4.45. The van der Waals surface area contributed by atoms with Crippen LogP contribution in [0.25, 0.3) is 0 Å². The van der Waals surface area contributed by atoms with Crippen LogP contribution in [0.4, 0.5) is 5.69 Å². The van der Waals surface area contributed by atoms with E-state index in [4.69, 9.17) is 5.26 Å². The van der Waals surface area contributed by atoms with E-state index < -0.39 is 0 Å². The Kier molecular flexibility index (Phi) is 2.70. The van der Waals surface area contributed by atoms with Crippen LogP contribution in [-0.2, 0) is 6.42 Å². The Labute approximate surface area is 106 Å². The highest BCUT2D eigenvalue weighted by atomic mass is 15.0. The molecule has 18 heavy (non-hydrogen) atoms. The smallest absolute Gasteiger partial charge is 0.0992 e. The van der Waals surface area contributed by atoms with E-state index in [0.29, 0.717) is 5.56 Å². The fraction of sp³-hybridized carbons (Fsp3) is 0.200. The van der Waals surface area contributed by atoms with Crippen LogP contribution in [0.5, 0.6) is 0 Å². The third-order valence-corrected chi connectivity index (χ3v) is 3.29. The normalized spacial score (nSPS) is 16.9. The van der Waals surface area contributed by atoms with E-state index in [9.17, 15) is 0 Å². The van der Waals surface area contributed by atoms with Gasteiger partial charge in [-0.1, -0.05) is 12.1 Å². The highest BCUT2D eigenvalue weighted by Crippen LogP contribution is 2.31. The van der Waals surface area contributed by atoms with Crippen LogP contribution >= 0.6 is 0 Å². The molecule has 0 saturated carbocycles. The number of nitrogens with zero attached hydrogens (tertiary/aromatic N) is 2. The van der Waals surface area contributed by atoms with Crippen molar-refractivity contribution in [3.05, 3.63) is 59.4 Å². The second-order valence-electron chi connectivity index (χ2n) is 4.48. The Hall–Kier alpha value is -2.34. The number of fused-ring (bicyclic) bond motifs is 1. The third kappa shape index (κ3) is 1.93. The van der Waals surface area contributed by atoms with Gasteiger partial charge in [0.15, 0.2) is 0 Å². The number of hydrogen-bond donors (Lipinski definition) is 1. The Balaban J connectivity index is 1.84.